The van der Waals surface area contributed by atoms with Crippen LogP contribution in [0.5, 0.6) is 0 Å². The predicted molar refractivity (Wildman–Crippen MR) is 121 cm³/mol. The van der Waals surface area contributed by atoms with Crippen molar-refractivity contribution in [2.45, 2.75) is 32.6 Å². The summed E-state index contributed by atoms with van der Waals surface area (Å²) in [4.78, 5) is 29.5. The molecule has 0 saturated heterocycles. The summed E-state index contributed by atoms with van der Waals surface area (Å²) in [6.07, 6.45) is 1.45. The molecule has 8 nitrogen and oxygen atoms in total. The van der Waals surface area contributed by atoms with Gasteiger partial charge in [-0.05, 0) is 38.1 Å². The van der Waals surface area contributed by atoms with Gasteiger partial charge in [0.05, 0.1) is 52.8 Å². The molecule has 0 fully saturated rings. The number of amides is 1. The topological polar surface area (TPSA) is 97.6 Å². The maximum absolute atomic E-state index is 13.1. The zero-order valence-corrected chi connectivity index (χ0v) is 18.8. The Kier molecular flexibility index (Phi) is 6.38. The maximum atomic E-state index is 13.1. The number of rotatable bonds is 6. The summed E-state index contributed by atoms with van der Waals surface area (Å²) in [5.41, 5.74) is 1.42. The molecule has 3 heterocycles. The number of alkyl halides is 3. The first-order chi connectivity index (χ1) is 16.2. The monoisotopic (exact) mass is 489 g/mol. The standard InChI is InChI=1S/C22H19ClF3N7O/c1-3-33-11-30-18-9-27-16(7-19(18)33)21(34)31-12(2)17-8-29-20(10-28-17)32-13-4-5-15(23)14(6-13)22(24,25)26/h4-12H,3H2,1-2H3,(H,29,32)(H,31,34)/t12-/m1/s1. The molecule has 4 rings (SSSR count). The van der Waals surface area contributed by atoms with E-state index in [-0.39, 0.29) is 23.1 Å². The number of hydrogen-bond donors (Lipinski definition) is 2. The number of carbonyl (C=O) groups excluding carboxylic acids is 1. The van der Waals surface area contributed by atoms with Gasteiger partial charge in [0.15, 0.2) is 0 Å². The van der Waals surface area contributed by atoms with Crippen molar-refractivity contribution < 1.29 is 18.0 Å². The van der Waals surface area contributed by atoms with Crippen LogP contribution in [-0.4, -0.2) is 30.4 Å². The first kappa shape index (κ1) is 23.4. The lowest BCUT2D eigenvalue weighted by atomic mass is 10.2. The highest BCUT2D eigenvalue weighted by Crippen LogP contribution is 2.36. The summed E-state index contributed by atoms with van der Waals surface area (Å²) in [7, 11) is 0. The van der Waals surface area contributed by atoms with Crippen molar-refractivity contribution in [1.29, 1.82) is 0 Å². The van der Waals surface area contributed by atoms with Gasteiger partial charge >= 0.3 is 6.18 Å². The fraction of sp³-hybridized carbons (Fsp3) is 0.227. The Bertz CT molecular complexity index is 1340. The second kappa shape index (κ2) is 9.26. The van der Waals surface area contributed by atoms with Crippen LogP contribution in [0.2, 0.25) is 5.02 Å². The Morgan fingerprint density at radius 3 is 2.59 bits per heavy atom. The molecule has 1 atom stereocenters. The van der Waals surface area contributed by atoms with Crippen LogP contribution in [0.25, 0.3) is 11.0 Å². The number of imidazole rings is 1. The van der Waals surface area contributed by atoms with E-state index in [1.165, 1.54) is 18.5 Å². The van der Waals surface area contributed by atoms with E-state index in [2.05, 4.69) is 30.6 Å². The minimum absolute atomic E-state index is 0.160. The van der Waals surface area contributed by atoms with E-state index in [4.69, 9.17) is 11.6 Å². The van der Waals surface area contributed by atoms with Gasteiger partial charge in [0.2, 0.25) is 0 Å². The SMILES string of the molecule is CCn1cnc2cnc(C(=O)N[C@H](C)c3cnc(Nc4ccc(Cl)c(C(F)(F)F)c4)cn3)cc21. The van der Waals surface area contributed by atoms with E-state index in [9.17, 15) is 18.0 Å². The van der Waals surface area contributed by atoms with Gasteiger partial charge in [-0.1, -0.05) is 11.6 Å². The van der Waals surface area contributed by atoms with Gasteiger partial charge in [-0.25, -0.2) is 15.0 Å². The van der Waals surface area contributed by atoms with Crippen LogP contribution in [0.3, 0.4) is 0 Å². The third-order valence-corrected chi connectivity index (χ3v) is 5.42. The van der Waals surface area contributed by atoms with Crippen molar-refractivity contribution in [3.05, 3.63) is 71.2 Å². The maximum Gasteiger partial charge on any atom is 0.417 e. The number of pyridine rings is 1. The van der Waals surface area contributed by atoms with Gasteiger partial charge in [0, 0.05) is 12.2 Å². The molecular weight excluding hydrogens is 471 g/mol. The summed E-state index contributed by atoms with van der Waals surface area (Å²) >= 11 is 5.64. The third kappa shape index (κ3) is 4.93. The first-order valence-electron chi connectivity index (χ1n) is 10.2. The first-order valence-corrected chi connectivity index (χ1v) is 10.6. The zero-order chi connectivity index (χ0) is 24.5. The summed E-state index contributed by atoms with van der Waals surface area (Å²) in [6.45, 7) is 4.42. The van der Waals surface area contributed by atoms with E-state index in [0.717, 1.165) is 17.6 Å². The Balaban J connectivity index is 1.44. The fourth-order valence-electron chi connectivity index (χ4n) is 3.28. The van der Waals surface area contributed by atoms with Gasteiger partial charge in [-0.15, -0.1) is 0 Å². The van der Waals surface area contributed by atoms with E-state index >= 15 is 0 Å². The van der Waals surface area contributed by atoms with Crippen molar-refractivity contribution in [3.63, 3.8) is 0 Å². The Morgan fingerprint density at radius 2 is 1.91 bits per heavy atom. The molecule has 0 saturated carbocycles. The Labute approximate surface area is 197 Å². The highest BCUT2D eigenvalue weighted by molar-refractivity contribution is 6.31. The van der Waals surface area contributed by atoms with Crippen LogP contribution in [-0.2, 0) is 12.7 Å². The van der Waals surface area contributed by atoms with Crippen molar-refractivity contribution in [3.8, 4) is 0 Å². The molecule has 0 aliphatic rings. The van der Waals surface area contributed by atoms with Gasteiger partial charge in [-0.3, -0.25) is 9.78 Å². The van der Waals surface area contributed by atoms with Crippen molar-refractivity contribution in [2.24, 2.45) is 0 Å². The highest BCUT2D eigenvalue weighted by Gasteiger charge is 2.33. The van der Waals surface area contributed by atoms with Crippen LogP contribution in [0.4, 0.5) is 24.7 Å². The largest absolute Gasteiger partial charge is 0.417 e. The van der Waals surface area contributed by atoms with E-state index in [0.29, 0.717) is 17.8 Å². The average molecular weight is 490 g/mol. The molecular formula is C22H19ClF3N7O. The number of anilines is 2. The lowest BCUT2D eigenvalue weighted by Crippen LogP contribution is -2.28. The van der Waals surface area contributed by atoms with E-state index in [1.807, 2.05) is 11.5 Å². The highest BCUT2D eigenvalue weighted by atomic mass is 35.5. The second-order valence-corrected chi connectivity index (χ2v) is 7.84. The molecule has 176 valence electrons. The number of benzene rings is 1. The van der Waals surface area contributed by atoms with Crippen molar-refractivity contribution >= 4 is 40.0 Å². The molecule has 0 aliphatic carbocycles. The fourth-order valence-corrected chi connectivity index (χ4v) is 3.50. The summed E-state index contributed by atoms with van der Waals surface area (Å²) in [5, 5.41) is 5.18. The molecule has 2 N–H and O–H groups in total. The Hall–Kier alpha value is -3.73. The minimum atomic E-state index is -4.58. The number of halogens is 4. The normalized spacial score (nSPS) is 12.5. The van der Waals surface area contributed by atoms with Crippen LogP contribution in [0.15, 0.2) is 49.2 Å². The predicted octanol–water partition coefficient (Wildman–Crippen LogP) is 5.15. The third-order valence-electron chi connectivity index (χ3n) is 5.09. The molecule has 34 heavy (non-hydrogen) atoms. The Morgan fingerprint density at radius 1 is 1.12 bits per heavy atom. The number of carbonyl (C=O) groups is 1. The van der Waals surface area contributed by atoms with E-state index < -0.39 is 22.8 Å². The molecule has 0 spiro atoms. The van der Waals surface area contributed by atoms with Gasteiger partial charge in [-0.2, -0.15) is 13.2 Å². The molecule has 4 aromatic rings. The number of aromatic nitrogens is 5. The quantitative estimate of drug-likeness (QED) is 0.389. The van der Waals surface area contributed by atoms with Crippen LogP contribution in [0, 0.1) is 0 Å². The molecule has 0 bridgehead atoms. The molecule has 1 amide bonds. The van der Waals surface area contributed by atoms with Crippen LogP contribution >= 0.6 is 11.6 Å². The molecule has 0 aliphatic heterocycles. The summed E-state index contributed by atoms with van der Waals surface area (Å²) in [6, 6.07) is 4.65. The summed E-state index contributed by atoms with van der Waals surface area (Å²) in [5.74, 6) is -0.152. The van der Waals surface area contributed by atoms with E-state index in [1.54, 1.807) is 25.5 Å². The molecule has 0 unspecified atom stereocenters. The summed E-state index contributed by atoms with van der Waals surface area (Å²) < 4.78 is 41.1. The number of nitrogens with one attached hydrogen (secondary N) is 2. The van der Waals surface area contributed by atoms with Crippen molar-refractivity contribution in [2.75, 3.05) is 5.32 Å². The van der Waals surface area contributed by atoms with Gasteiger partial charge in [0.1, 0.15) is 17.0 Å². The van der Waals surface area contributed by atoms with Crippen molar-refractivity contribution in [1.82, 2.24) is 29.8 Å². The number of aryl methyl sites for hydroxylation is 1. The molecule has 1 aromatic carbocycles. The average Bonchev–Trinajstić information content (AvgIpc) is 3.22. The number of fused-ring (bicyclic) bond motifs is 1. The number of nitrogens with zero attached hydrogens (tertiary/aromatic N) is 5. The van der Waals surface area contributed by atoms with Gasteiger partial charge in [0.25, 0.3) is 5.91 Å². The molecule has 0 radical (unpaired) electrons. The van der Waals surface area contributed by atoms with Crippen LogP contribution < -0.4 is 10.6 Å². The molecule has 3 aromatic heterocycles. The number of hydrogen-bond acceptors (Lipinski definition) is 6. The van der Waals surface area contributed by atoms with Gasteiger partial charge < -0.3 is 15.2 Å². The second-order valence-electron chi connectivity index (χ2n) is 7.43. The van der Waals surface area contributed by atoms with Crippen LogP contribution in [0.1, 0.15) is 41.6 Å². The smallest absolute Gasteiger partial charge is 0.343 e. The molecule has 12 heteroatoms. The zero-order valence-electron chi connectivity index (χ0n) is 18.1. The minimum Gasteiger partial charge on any atom is -0.343 e. The lowest BCUT2D eigenvalue weighted by Gasteiger charge is -2.14. The lowest BCUT2D eigenvalue weighted by molar-refractivity contribution is -0.137.